The standard InChI is InChI=1S/C10H17I/c1-10(2,3)8-6-4-5-7-9-11/h4-5,7,9H2,1-3H3. The van der Waals surface area contributed by atoms with E-state index in [0.717, 1.165) is 6.42 Å². The van der Waals surface area contributed by atoms with Crippen LogP contribution < -0.4 is 0 Å². The Kier molecular flexibility index (Phi) is 6.03. The van der Waals surface area contributed by atoms with Gasteiger partial charge in [-0.3, -0.25) is 0 Å². The van der Waals surface area contributed by atoms with Crippen molar-refractivity contribution in [3.05, 3.63) is 0 Å². The Hall–Kier alpha value is 0.290. The lowest BCUT2D eigenvalue weighted by molar-refractivity contribution is 0.570. The zero-order chi connectivity index (χ0) is 8.74. The first kappa shape index (κ1) is 11.3. The first-order valence-corrected chi connectivity index (χ1v) is 5.65. The third-order valence-corrected chi connectivity index (χ3v) is 1.91. The van der Waals surface area contributed by atoms with Crippen molar-refractivity contribution in [2.24, 2.45) is 5.41 Å². The van der Waals surface area contributed by atoms with E-state index >= 15 is 0 Å². The van der Waals surface area contributed by atoms with E-state index in [4.69, 9.17) is 0 Å². The minimum absolute atomic E-state index is 0.185. The molecule has 0 saturated carbocycles. The van der Waals surface area contributed by atoms with Crippen LogP contribution >= 0.6 is 22.6 Å². The second kappa shape index (κ2) is 5.88. The van der Waals surface area contributed by atoms with Crippen molar-refractivity contribution < 1.29 is 0 Å². The summed E-state index contributed by atoms with van der Waals surface area (Å²) in [6.45, 7) is 6.45. The molecule has 0 aliphatic heterocycles. The molecule has 0 aromatic carbocycles. The van der Waals surface area contributed by atoms with Crippen LogP contribution in [-0.2, 0) is 0 Å². The van der Waals surface area contributed by atoms with Crippen LogP contribution in [0.5, 0.6) is 0 Å². The van der Waals surface area contributed by atoms with Gasteiger partial charge in [0, 0.05) is 11.8 Å². The number of alkyl halides is 1. The molecule has 0 aliphatic carbocycles. The number of hydrogen-bond acceptors (Lipinski definition) is 0. The van der Waals surface area contributed by atoms with Gasteiger partial charge in [-0.15, -0.1) is 5.92 Å². The highest BCUT2D eigenvalue weighted by molar-refractivity contribution is 14.1. The van der Waals surface area contributed by atoms with Crippen LogP contribution in [-0.4, -0.2) is 4.43 Å². The second-order valence-electron chi connectivity index (χ2n) is 3.70. The Balaban J connectivity index is 3.41. The van der Waals surface area contributed by atoms with Gasteiger partial charge in [0.05, 0.1) is 0 Å². The summed E-state index contributed by atoms with van der Waals surface area (Å²) in [7, 11) is 0. The molecule has 0 fully saturated rings. The monoisotopic (exact) mass is 264 g/mol. The molecule has 0 heterocycles. The number of unbranched alkanes of at least 4 members (excludes halogenated alkanes) is 2. The van der Waals surface area contributed by atoms with Gasteiger partial charge in [0.2, 0.25) is 0 Å². The molecule has 0 N–H and O–H groups in total. The fourth-order valence-electron chi connectivity index (χ4n) is 0.636. The van der Waals surface area contributed by atoms with Crippen LogP contribution in [0.4, 0.5) is 0 Å². The third kappa shape index (κ3) is 10.3. The Morgan fingerprint density at radius 3 is 2.27 bits per heavy atom. The summed E-state index contributed by atoms with van der Waals surface area (Å²) in [4.78, 5) is 0. The zero-order valence-electron chi connectivity index (χ0n) is 7.71. The largest absolute Gasteiger partial charge is 0.103 e. The third-order valence-electron chi connectivity index (χ3n) is 1.15. The first-order valence-electron chi connectivity index (χ1n) is 4.12. The molecule has 0 aliphatic rings. The van der Waals surface area contributed by atoms with Crippen molar-refractivity contribution in [2.75, 3.05) is 4.43 Å². The van der Waals surface area contributed by atoms with E-state index in [2.05, 4.69) is 55.2 Å². The molecule has 0 nitrogen and oxygen atoms in total. The molecule has 0 aromatic rings. The smallest absolute Gasteiger partial charge is 0.0230 e. The molecule has 0 aromatic heterocycles. The summed E-state index contributed by atoms with van der Waals surface area (Å²) in [5, 5.41) is 0. The lowest BCUT2D eigenvalue weighted by Crippen LogP contribution is -1.98. The van der Waals surface area contributed by atoms with Gasteiger partial charge in [0.25, 0.3) is 0 Å². The van der Waals surface area contributed by atoms with Crippen molar-refractivity contribution >= 4 is 22.6 Å². The molecule has 0 bridgehead atoms. The summed E-state index contributed by atoms with van der Waals surface area (Å²) in [6.07, 6.45) is 3.63. The van der Waals surface area contributed by atoms with Crippen molar-refractivity contribution in [3.8, 4) is 11.8 Å². The molecular weight excluding hydrogens is 247 g/mol. The molecule has 0 rings (SSSR count). The highest BCUT2D eigenvalue weighted by atomic mass is 127. The fraction of sp³-hybridized carbons (Fsp3) is 0.800. The highest BCUT2D eigenvalue weighted by Crippen LogP contribution is 2.10. The zero-order valence-corrected chi connectivity index (χ0v) is 9.86. The van der Waals surface area contributed by atoms with E-state index < -0.39 is 0 Å². The first-order chi connectivity index (χ1) is 5.06. The van der Waals surface area contributed by atoms with Gasteiger partial charge in [0.15, 0.2) is 0 Å². The second-order valence-corrected chi connectivity index (χ2v) is 4.78. The molecule has 1 heteroatoms. The topological polar surface area (TPSA) is 0 Å². The summed E-state index contributed by atoms with van der Waals surface area (Å²) < 4.78 is 1.26. The average Bonchev–Trinajstić information content (AvgIpc) is 1.85. The summed E-state index contributed by atoms with van der Waals surface area (Å²) in [5.74, 6) is 6.44. The Morgan fingerprint density at radius 1 is 1.18 bits per heavy atom. The van der Waals surface area contributed by atoms with Gasteiger partial charge in [-0.25, -0.2) is 0 Å². The SMILES string of the molecule is CC(C)(C)C#CCCCCI. The molecular formula is C10H17I. The quantitative estimate of drug-likeness (QED) is 0.316. The minimum Gasteiger partial charge on any atom is -0.103 e. The van der Waals surface area contributed by atoms with E-state index in [1.165, 1.54) is 17.3 Å². The van der Waals surface area contributed by atoms with Gasteiger partial charge in [-0.2, -0.15) is 0 Å². The maximum absolute atomic E-state index is 3.23. The molecule has 0 unspecified atom stereocenters. The lowest BCUT2D eigenvalue weighted by Gasteiger charge is -2.06. The Morgan fingerprint density at radius 2 is 1.82 bits per heavy atom. The Bertz CT molecular complexity index is 142. The molecule has 64 valence electrons. The van der Waals surface area contributed by atoms with Crippen LogP contribution in [0.3, 0.4) is 0 Å². The van der Waals surface area contributed by atoms with Crippen LogP contribution in [0, 0.1) is 17.3 Å². The predicted octanol–water partition coefficient (Wildman–Crippen LogP) is 3.64. The van der Waals surface area contributed by atoms with Crippen LogP contribution in [0.25, 0.3) is 0 Å². The molecule has 11 heavy (non-hydrogen) atoms. The van der Waals surface area contributed by atoms with E-state index in [-0.39, 0.29) is 5.41 Å². The average molecular weight is 264 g/mol. The molecule has 0 amide bonds. The van der Waals surface area contributed by atoms with Crippen LogP contribution in [0.15, 0.2) is 0 Å². The molecule has 0 atom stereocenters. The lowest BCUT2D eigenvalue weighted by atomic mass is 9.98. The summed E-state index contributed by atoms with van der Waals surface area (Å²) in [5.41, 5.74) is 0.185. The number of rotatable bonds is 3. The predicted molar refractivity (Wildman–Crippen MR) is 60.0 cm³/mol. The minimum atomic E-state index is 0.185. The van der Waals surface area contributed by atoms with Gasteiger partial charge in [0.1, 0.15) is 0 Å². The maximum Gasteiger partial charge on any atom is 0.0230 e. The van der Waals surface area contributed by atoms with Crippen LogP contribution in [0.2, 0.25) is 0 Å². The summed E-state index contributed by atoms with van der Waals surface area (Å²) in [6, 6.07) is 0. The molecule has 0 saturated heterocycles. The van der Waals surface area contributed by atoms with Gasteiger partial charge in [-0.1, -0.05) is 28.5 Å². The van der Waals surface area contributed by atoms with E-state index in [1.54, 1.807) is 0 Å². The molecule has 0 radical (unpaired) electrons. The van der Waals surface area contributed by atoms with E-state index in [9.17, 15) is 0 Å². The van der Waals surface area contributed by atoms with Crippen molar-refractivity contribution in [3.63, 3.8) is 0 Å². The van der Waals surface area contributed by atoms with E-state index in [1.807, 2.05) is 0 Å². The highest BCUT2D eigenvalue weighted by Gasteiger charge is 2.02. The van der Waals surface area contributed by atoms with Gasteiger partial charge in [-0.05, 0) is 38.0 Å². The van der Waals surface area contributed by atoms with Crippen LogP contribution in [0.1, 0.15) is 40.0 Å². The number of halogens is 1. The number of hydrogen-bond donors (Lipinski definition) is 0. The Labute approximate surface area is 84.3 Å². The fourth-order valence-corrected chi connectivity index (χ4v) is 1.17. The molecule has 0 spiro atoms. The summed E-state index contributed by atoms with van der Waals surface area (Å²) >= 11 is 2.41. The van der Waals surface area contributed by atoms with Gasteiger partial charge >= 0.3 is 0 Å². The normalized spacial score (nSPS) is 10.5. The van der Waals surface area contributed by atoms with E-state index in [0.29, 0.717) is 0 Å². The maximum atomic E-state index is 3.23. The van der Waals surface area contributed by atoms with Crippen molar-refractivity contribution in [1.82, 2.24) is 0 Å². The van der Waals surface area contributed by atoms with Gasteiger partial charge < -0.3 is 0 Å². The van der Waals surface area contributed by atoms with Crippen molar-refractivity contribution in [2.45, 2.75) is 40.0 Å². The van der Waals surface area contributed by atoms with Crippen molar-refractivity contribution in [1.29, 1.82) is 0 Å².